The van der Waals surface area contributed by atoms with Crippen molar-refractivity contribution in [3.05, 3.63) is 24.0 Å². The lowest BCUT2D eigenvalue weighted by molar-refractivity contribution is 0.00768. The van der Waals surface area contributed by atoms with E-state index < -0.39 is 5.60 Å². The quantitative estimate of drug-likeness (QED) is 0.783. The van der Waals surface area contributed by atoms with E-state index in [9.17, 15) is 0 Å². The number of hydrogen-bond acceptors (Lipinski definition) is 7. The van der Waals surface area contributed by atoms with E-state index in [-0.39, 0.29) is 0 Å². The van der Waals surface area contributed by atoms with Gasteiger partial charge in [0.2, 0.25) is 5.82 Å². The first-order chi connectivity index (χ1) is 10.1. The zero-order valence-electron chi connectivity index (χ0n) is 11.5. The molecule has 0 saturated carbocycles. The molecule has 2 N–H and O–H groups in total. The molecule has 0 radical (unpaired) electrons. The van der Waals surface area contributed by atoms with Crippen molar-refractivity contribution in [3.63, 3.8) is 0 Å². The molecule has 1 atom stereocenters. The van der Waals surface area contributed by atoms with Crippen LogP contribution in [0.3, 0.4) is 0 Å². The van der Waals surface area contributed by atoms with Gasteiger partial charge >= 0.3 is 0 Å². The monoisotopic (exact) mass is 302 g/mol. The molecule has 7 heteroatoms. The van der Waals surface area contributed by atoms with E-state index in [0.29, 0.717) is 16.8 Å². The number of hydrogen-bond donors (Lipinski definition) is 1. The van der Waals surface area contributed by atoms with Crippen LogP contribution in [-0.2, 0) is 10.3 Å². The van der Waals surface area contributed by atoms with Crippen molar-refractivity contribution in [3.8, 4) is 11.5 Å². The van der Waals surface area contributed by atoms with Crippen LogP contribution in [0.1, 0.15) is 25.6 Å². The third-order valence-electron chi connectivity index (χ3n) is 3.77. The lowest BCUT2D eigenvalue weighted by Crippen LogP contribution is -2.21. The second-order valence-electron chi connectivity index (χ2n) is 5.34. The molecule has 0 spiro atoms. The van der Waals surface area contributed by atoms with Crippen LogP contribution >= 0.6 is 11.3 Å². The molecule has 1 aliphatic rings. The van der Waals surface area contributed by atoms with Crippen LogP contribution in [-0.4, -0.2) is 21.7 Å². The van der Waals surface area contributed by atoms with E-state index in [4.69, 9.17) is 15.0 Å². The molecule has 1 aliphatic heterocycles. The molecule has 6 nitrogen and oxygen atoms in total. The second kappa shape index (κ2) is 4.51. The maximum absolute atomic E-state index is 5.74. The van der Waals surface area contributed by atoms with Crippen LogP contribution < -0.4 is 5.73 Å². The number of aromatic nitrogens is 3. The number of rotatable bonds is 2. The minimum absolute atomic E-state index is 0.430. The highest BCUT2D eigenvalue weighted by molar-refractivity contribution is 7.22. The maximum atomic E-state index is 5.74. The molecule has 1 aromatic carbocycles. The zero-order valence-corrected chi connectivity index (χ0v) is 12.3. The molecule has 4 rings (SSSR count). The Kier molecular flexibility index (Phi) is 2.73. The summed E-state index contributed by atoms with van der Waals surface area (Å²) >= 11 is 1.44. The first-order valence-electron chi connectivity index (χ1n) is 6.79. The first-order valence-corrected chi connectivity index (χ1v) is 7.60. The average Bonchev–Trinajstić information content (AvgIpc) is 3.15. The fourth-order valence-corrected chi connectivity index (χ4v) is 3.36. The van der Waals surface area contributed by atoms with Crippen LogP contribution in [0.5, 0.6) is 0 Å². The standard InChI is InChI=1S/C14H14N4O2S/c1-14(5-2-6-19-14)12-17-11(20-18-12)8-3-4-9-10(7-8)21-13(15)16-9/h3-4,7H,2,5-6H2,1H3,(H2,15,16). The van der Waals surface area contributed by atoms with Crippen LogP contribution in [0.2, 0.25) is 0 Å². The van der Waals surface area contributed by atoms with E-state index in [1.54, 1.807) is 0 Å². The first kappa shape index (κ1) is 12.7. The molecule has 0 bridgehead atoms. The molecule has 3 aromatic rings. The van der Waals surface area contributed by atoms with Gasteiger partial charge in [0.15, 0.2) is 5.13 Å². The van der Waals surface area contributed by atoms with Crippen molar-refractivity contribution in [1.82, 2.24) is 15.1 Å². The maximum Gasteiger partial charge on any atom is 0.258 e. The van der Waals surface area contributed by atoms with Gasteiger partial charge in [0.05, 0.1) is 10.2 Å². The van der Waals surface area contributed by atoms with Gasteiger partial charge in [0, 0.05) is 12.2 Å². The highest BCUT2D eigenvalue weighted by Crippen LogP contribution is 2.35. The summed E-state index contributed by atoms with van der Waals surface area (Å²) in [6, 6.07) is 5.80. The number of benzene rings is 1. The Morgan fingerprint density at radius 2 is 2.24 bits per heavy atom. The molecule has 1 unspecified atom stereocenters. The van der Waals surface area contributed by atoms with Crippen LogP contribution in [0.4, 0.5) is 5.13 Å². The van der Waals surface area contributed by atoms with E-state index in [2.05, 4.69) is 15.1 Å². The Labute approximate surface area is 124 Å². The van der Waals surface area contributed by atoms with Crippen molar-refractivity contribution < 1.29 is 9.26 Å². The van der Waals surface area contributed by atoms with Gasteiger partial charge in [-0.2, -0.15) is 4.98 Å². The van der Waals surface area contributed by atoms with Crippen LogP contribution in [0.25, 0.3) is 21.7 Å². The Morgan fingerprint density at radius 3 is 3.05 bits per heavy atom. The Morgan fingerprint density at radius 1 is 1.33 bits per heavy atom. The van der Waals surface area contributed by atoms with Gasteiger partial charge in [-0.25, -0.2) is 4.98 Å². The molecule has 21 heavy (non-hydrogen) atoms. The molecule has 3 heterocycles. The van der Waals surface area contributed by atoms with Gasteiger partial charge in [0.25, 0.3) is 5.89 Å². The summed E-state index contributed by atoms with van der Waals surface area (Å²) in [6.45, 7) is 2.74. The lowest BCUT2D eigenvalue weighted by Gasteiger charge is -2.17. The highest BCUT2D eigenvalue weighted by atomic mass is 32.1. The highest BCUT2D eigenvalue weighted by Gasteiger charge is 2.36. The van der Waals surface area contributed by atoms with Crippen LogP contribution in [0, 0.1) is 0 Å². The minimum atomic E-state index is -0.430. The number of ether oxygens (including phenoxy) is 1. The van der Waals surface area contributed by atoms with Gasteiger partial charge < -0.3 is 15.0 Å². The third kappa shape index (κ3) is 2.09. The van der Waals surface area contributed by atoms with Gasteiger partial charge in [-0.15, -0.1) is 0 Å². The zero-order chi connectivity index (χ0) is 14.4. The summed E-state index contributed by atoms with van der Waals surface area (Å²) in [5.41, 5.74) is 7.04. The molecule has 0 amide bonds. The van der Waals surface area contributed by atoms with Crippen molar-refractivity contribution >= 4 is 26.7 Å². The Balaban J connectivity index is 1.73. The number of thiazole rings is 1. The molecule has 1 fully saturated rings. The van der Waals surface area contributed by atoms with Crippen LogP contribution in [0.15, 0.2) is 22.7 Å². The van der Waals surface area contributed by atoms with Crippen molar-refractivity contribution in [1.29, 1.82) is 0 Å². The van der Waals surface area contributed by atoms with Crippen molar-refractivity contribution in [2.75, 3.05) is 12.3 Å². The van der Waals surface area contributed by atoms with E-state index >= 15 is 0 Å². The van der Waals surface area contributed by atoms with Crippen molar-refractivity contribution in [2.24, 2.45) is 0 Å². The van der Waals surface area contributed by atoms with E-state index in [1.807, 2.05) is 25.1 Å². The summed E-state index contributed by atoms with van der Waals surface area (Å²) in [7, 11) is 0. The largest absolute Gasteiger partial charge is 0.375 e. The van der Waals surface area contributed by atoms with Gasteiger partial charge in [-0.1, -0.05) is 16.5 Å². The molecule has 0 aliphatic carbocycles. The lowest BCUT2D eigenvalue weighted by atomic mass is 10.0. The number of nitrogen functional groups attached to an aromatic ring is 1. The third-order valence-corrected chi connectivity index (χ3v) is 4.62. The smallest absolute Gasteiger partial charge is 0.258 e. The second-order valence-corrected chi connectivity index (χ2v) is 6.40. The topological polar surface area (TPSA) is 87.1 Å². The Bertz CT molecular complexity index is 804. The number of nitrogens with zero attached hydrogens (tertiary/aromatic N) is 3. The van der Waals surface area contributed by atoms with E-state index in [0.717, 1.165) is 35.2 Å². The fraction of sp³-hybridized carbons (Fsp3) is 0.357. The summed E-state index contributed by atoms with van der Waals surface area (Å²) in [5, 5.41) is 4.64. The number of fused-ring (bicyclic) bond motifs is 1. The normalized spacial score (nSPS) is 22.1. The molecule has 108 valence electrons. The minimum Gasteiger partial charge on any atom is -0.375 e. The Hall–Kier alpha value is -1.99. The summed E-state index contributed by atoms with van der Waals surface area (Å²) in [4.78, 5) is 8.73. The predicted molar refractivity (Wildman–Crippen MR) is 79.9 cm³/mol. The van der Waals surface area contributed by atoms with Gasteiger partial charge in [-0.05, 0) is 38.0 Å². The van der Waals surface area contributed by atoms with E-state index in [1.165, 1.54) is 11.3 Å². The predicted octanol–water partition coefficient (Wildman–Crippen LogP) is 2.95. The molecule has 2 aromatic heterocycles. The summed E-state index contributed by atoms with van der Waals surface area (Å²) in [6.07, 6.45) is 1.93. The fourth-order valence-electron chi connectivity index (χ4n) is 2.59. The number of nitrogens with two attached hydrogens (primary N) is 1. The van der Waals surface area contributed by atoms with Gasteiger partial charge in [-0.3, -0.25) is 0 Å². The summed E-state index contributed by atoms with van der Waals surface area (Å²) in [5.74, 6) is 1.11. The molecular formula is C14H14N4O2S. The SMILES string of the molecule is CC1(c2noc(-c3ccc4nc(N)sc4c3)n2)CCCO1. The van der Waals surface area contributed by atoms with Crippen molar-refractivity contribution in [2.45, 2.75) is 25.4 Å². The molecule has 1 saturated heterocycles. The average molecular weight is 302 g/mol. The number of anilines is 1. The molecular weight excluding hydrogens is 288 g/mol. The summed E-state index contributed by atoms with van der Waals surface area (Å²) < 4.78 is 12.1. The van der Waals surface area contributed by atoms with Gasteiger partial charge in [0.1, 0.15) is 5.60 Å².